The number of hydrogen-bond donors (Lipinski definition) is 2. The number of fused-ring (bicyclic) bond motifs is 1. The lowest BCUT2D eigenvalue weighted by molar-refractivity contribution is 0.0713. The van der Waals surface area contributed by atoms with Gasteiger partial charge in [0.2, 0.25) is 5.95 Å². The Kier molecular flexibility index (Phi) is 8.03. The first-order valence-corrected chi connectivity index (χ1v) is 14.5. The number of likely N-dealkylation sites (tertiary alicyclic amines) is 1. The molecule has 1 unspecified atom stereocenters. The monoisotopic (exact) mass is 517 g/mol. The Bertz CT molecular complexity index is 1250. The third kappa shape index (κ3) is 5.73. The molecule has 1 aliphatic carbocycles. The Labute approximate surface area is 226 Å². The van der Waals surface area contributed by atoms with Crippen molar-refractivity contribution in [1.82, 2.24) is 19.4 Å². The van der Waals surface area contributed by atoms with Crippen LogP contribution in [-0.2, 0) is 0 Å². The minimum Gasteiger partial charge on any atom is -0.393 e. The number of carbonyl (C=O) groups excluding carboxylic acids is 1. The zero-order valence-electron chi connectivity index (χ0n) is 23.4. The fourth-order valence-electron chi connectivity index (χ4n) is 6.46. The van der Waals surface area contributed by atoms with Crippen LogP contribution in [-0.4, -0.2) is 55.7 Å². The zero-order chi connectivity index (χ0) is 26.8. The maximum Gasteiger partial charge on any atom is 0.253 e. The van der Waals surface area contributed by atoms with Crippen molar-refractivity contribution >= 4 is 22.9 Å². The zero-order valence-corrected chi connectivity index (χ0v) is 23.4. The Hall–Kier alpha value is -2.93. The number of piperidine rings is 1. The summed E-state index contributed by atoms with van der Waals surface area (Å²) in [4.78, 5) is 25.0. The number of amides is 1. The number of aryl methyl sites for hydroxylation is 2. The fraction of sp³-hybridized carbons (Fsp3) is 0.581. The Morgan fingerprint density at radius 1 is 1.08 bits per heavy atom. The van der Waals surface area contributed by atoms with Crippen molar-refractivity contribution in [3.63, 3.8) is 0 Å². The molecule has 3 aromatic rings. The van der Waals surface area contributed by atoms with E-state index in [1.54, 1.807) is 0 Å². The van der Waals surface area contributed by atoms with Crippen LogP contribution in [0.1, 0.15) is 104 Å². The van der Waals surface area contributed by atoms with Gasteiger partial charge in [-0.25, -0.2) is 4.98 Å². The second kappa shape index (κ2) is 11.4. The lowest BCUT2D eigenvalue weighted by atomic mass is 9.89. The second-order valence-corrected chi connectivity index (χ2v) is 11.7. The summed E-state index contributed by atoms with van der Waals surface area (Å²) < 4.78 is 2.36. The first-order valence-electron chi connectivity index (χ1n) is 14.5. The molecular formula is C31H43N5O2. The van der Waals surface area contributed by atoms with Crippen molar-refractivity contribution in [2.24, 2.45) is 0 Å². The van der Waals surface area contributed by atoms with Gasteiger partial charge in [0.15, 0.2) is 0 Å². The minimum atomic E-state index is -0.187. The number of carbonyl (C=O) groups is 1. The molecule has 1 atom stereocenters. The molecule has 3 heterocycles. The molecule has 2 N–H and O–H groups in total. The Morgan fingerprint density at radius 2 is 1.76 bits per heavy atom. The number of aliphatic hydroxyl groups is 1. The molecule has 1 amide bonds. The average molecular weight is 518 g/mol. The summed E-state index contributed by atoms with van der Waals surface area (Å²) in [6, 6.07) is 6.78. The first-order chi connectivity index (χ1) is 18.3. The number of rotatable bonds is 7. The maximum atomic E-state index is 13.2. The molecule has 1 aromatic carbocycles. The Balaban J connectivity index is 1.38. The summed E-state index contributed by atoms with van der Waals surface area (Å²) in [6.07, 6.45) is 11.8. The van der Waals surface area contributed by atoms with E-state index in [4.69, 9.17) is 9.97 Å². The number of aliphatic hydroxyl groups excluding tert-OH is 1. The van der Waals surface area contributed by atoms with E-state index < -0.39 is 0 Å². The van der Waals surface area contributed by atoms with E-state index in [1.165, 1.54) is 5.56 Å². The van der Waals surface area contributed by atoms with Gasteiger partial charge >= 0.3 is 0 Å². The van der Waals surface area contributed by atoms with Gasteiger partial charge in [0.25, 0.3) is 5.91 Å². The van der Waals surface area contributed by atoms with Gasteiger partial charge in [-0.15, -0.1) is 0 Å². The van der Waals surface area contributed by atoms with Gasteiger partial charge in [0.1, 0.15) is 5.65 Å². The van der Waals surface area contributed by atoms with E-state index in [0.717, 1.165) is 92.2 Å². The quantitative estimate of drug-likeness (QED) is 0.393. The molecule has 1 saturated heterocycles. The highest BCUT2D eigenvalue weighted by Crippen LogP contribution is 2.38. The largest absolute Gasteiger partial charge is 0.393 e. The molecule has 2 aliphatic rings. The van der Waals surface area contributed by atoms with Crippen molar-refractivity contribution in [2.75, 3.05) is 18.4 Å². The summed E-state index contributed by atoms with van der Waals surface area (Å²) in [6.45, 7) is 9.98. The SMILES string of the molecule is CCCC(C)Nc1ncc2c(C3CCN(C(=O)c4cc(C)cc(C)c4)CC3)cn(C3CCC(O)CC3)c2n1. The van der Waals surface area contributed by atoms with Crippen LogP contribution in [0.3, 0.4) is 0 Å². The summed E-state index contributed by atoms with van der Waals surface area (Å²) >= 11 is 0. The van der Waals surface area contributed by atoms with Crippen LogP contribution in [0.5, 0.6) is 0 Å². The molecule has 204 valence electrons. The number of nitrogens with zero attached hydrogens (tertiary/aromatic N) is 4. The topological polar surface area (TPSA) is 83.3 Å². The number of hydrogen-bond acceptors (Lipinski definition) is 5. The van der Waals surface area contributed by atoms with Gasteiger partial charge in [0.05, 0.1) is 6.10 Å². The summed E-state index contributed by atoms with van der Waals surface area (Å²) in [7, 11) is 0. The lowest BCUT2D eigenvalue weighted by Crippen LogP contribution is -2.38. The van der Waals surface area contributed by atoms with E-state index in [2.05, 4.69) is 36.0 Å². The molecule has 7 heteroatoms. The van der Waals surface area contributed by atoms with Crippen LogP contribution in [0.25, 0.3) is 11.0 Å². The third-order valence-electron chi connectivity index (χ3n) is 8.45. The minimum absolute atomic E-state index is 0.138. The lowest BCUT2D eigenvalue weighted by Gasteiger charge is -2.32. The molecule has 2 aromatic heterocycles. The van der Waals surface area contributed by atoms with Gasteiger partial charge in [-0.1, -0.05) is 30.5 Å². The van der Waals surface area contributed by atoms with E-state index in [1.807, 2.05) is 37.1 Å². The van der Waals surface area contributed by atoms with Gasteiger partial charge in [-0.3, -0.25) is 4.79 Å². The number of anilines is 1. The van der Waals surface area contributed by atoms with E-state index >= 15 is 0 Å². The molecule has 7 nitrogen and oxygen atoms in total. The smallest absolute Gasteiger partial charge is 0.253 e. The van der Waals surface area contributed by atoms with Crippen LogP contribution in [0.4, 0.5) is 5.95 Å². The van der Waals surface area contributed by atoms with Gasteiger partial charge in [-0.2, -0.15) is 4.98 Å². The molecule has 0 spiro atoms. The summed E-state index contributed by atoms with van der Waals surface area (Å²) in [5, 5.41) is 14.7. The van der Waals surface area contributed by atoms with Crippen molar-refractivity contribution in [3.05, 3.63) is 52.8 Å². The van der Waals surface area contributed by atoms with Crippen LogP contribution in [0.15, 0.2) is 30.6 Å². The van der Waals surface area contributed by atoms with Crippen molar-refractivity contribution in [1.29, 1.82) is 0 Å². The number of benzene rings is 1. The van der Waals surface area contributed by atoms with Crippen molar-refractivity contribution in [3.8, 4) is 0 Å². The molecule has 0 radical (unpaired) electrons. The van der Waals surface area contributed by atoms with Crippen molar-refractivity contribution in [2.45, 2.75) is 103 Å². The van der Waals surface area contributed by atoms with Crippen LogP contribution in [0.2, 0.25) is 0 Å². The molecular weight excluding hydrogens is 474 g/mol. The molecule has 1 saturated carbocycles. The molecule has 1 aliphatic heterocycles. The number of aromatic nitrogens is 3. The van der Waals surface area contributed by atoms with Crippen molar-refractivity contribution < 1.29 is 9.90 Å². The standard InChI is InChI=1S/C31H43N5O2/c1-5-6-22(4)33-31-32-18-27-28(19-36(29(27)34-31)25-7-9-26(37)10-8-25)23-11-13-35(14-12-23)30(38)24-16-20(2)15-21(3)17-24/h15-19,22-23,25-26,37H,5-14H2,1-4H3,(H,32,33,34). The van der Waals surface area contributed by atoms with E-state index in [0.29, 0.717) is 23.9 Å². The van der Waals surface area contributed by atoms with Gasteiger partial charge in [-0.05, 0) is 89.3 Å². The third-order valence-corrected chi connectivity index (χ3v) is 8.45. The molecule has 38 heavy (non-hydrogen) atoms. The van der Waals surface area contributed by atoms with Crippen LogP contribution in [0, 0.1) is 13.8 Å². The molecule has 5 rings (SSSR count). The van der Waals surface area contributed by atoms with E-state index in [9.17, 15) is 9.90 Å². The Morgan fingerprint density at radius 3 is 2.42 bits per heavy atom. The van der Waals surface area contributed by atoms with Crippen LogP contribution >= 0.6 is 0 Å². The van der Waals surface area contributed by atoms with Gasteiger partial charge in [0, 0.05) is 48.5 Å². The normalized spacial score (nSPS) is 21.6. The predicted molar refractivity (Wildman–Crippen MR) is 153 cm³/mol. The fourth-order valence-corrected chi connectivity index (χ4v) is 6.46. The van der Waals surface area contributed by atoms with Crippen LogP contribution < -0.4 is 5.32 Å². The average Bonchev–Trinajstić information content (AvgIpc) is 3.27. The maximum absolute atomic E-state index is 13.2. The highest BCUT2D eigenvalue weighted by atomic mass is 16.3. The second-order valence-electron chi connectivity index (χ2n) is 11.7. The number of nitrogens with one attached hydrogen (secondary N) is 1. The highest BCUT2D eigenvalue weighted by Gasteiger charge is 2.30. The predicted octanol–water partition coefficient (Wildman–Crippen LogP) is 6.14. The summed E-state index contributed by atoms with van der Waals surface area (Å²) in [5.41, 5.74) is 5.35. The van der Waals surface area contributed by atoms with E-state index in [-0.39, 0.29) is 12.0 Å². The first kappa shape index (κ1) is 26.7. The summed E-state index contributed by atoms with van der Waals surface area (Å²) in [5.74, 6) is 1.20. The highest BCUT2D eigenvalue weighted by molar-refractivity contribution is 5.94. The molecule has 2 fully saturated rings. The molecule has 0 bridgehead atoms. The van der Waals surface area contributed by atoms with Gasteiger partial charge < -0.3 is 19.9 Å².